The van der Waals surface area contributed by atoms with Crippen LogP contribution in [0.15, 0.2) is 29.4 Å². The lowest BCUT2D eigenvalue weighted by atomic mass is 10.2. The van der Waals surface area contributed by atoms with Crippen LogP contribution in [0.3, 0.4) is 0 Å². The van der Waals surface area contributed by atoms with Gasteiger partial charge in [0.2, 0.25) is 0 Å². The summed E-state index contributed by atoms with van der Waals surface area (Å²) in [6, 6.07) is 6.08. The SMILES string of the molecule is CCNC(=NCCCOCC(C)C)N1CCN(c2ccccn2)CC1. The van der Waals surface area contributed by atoms with Crippen molar-refractivity contribution in [3.63, 3.8) is 0 Å². The van der Waals surface area contributed by atoms with Crippen LogP contribution in [0, 0.1) is 5.92 Å². The Kier molecular flexibility index (Phi) is 8.52. The molecule has 1 aromatic rings. The zero-order valence-electron chi connectivity index (χ0n) is 15.9. The Morgan fingerprint density at radius 1 is 1.28 bits per heavy atom. The van der Waals surface area contributed by atoms with Gasteiger partial charge in [-0.25, -0.2) is 4.98 Å². The molecule has 1 N–H and O–H groups in total. The number of ether oxygens (including phenoxy) is 1. The van der Waals surface area contributed by atoms with Crippen molar-refractivity contribution >= 4 is 11.8 Å². The summed E-state index contributed by atoms with van der Waals surface area (Å²) in [6.07, 6.45) is 2.82. The van der Waals surface area contributed by atoms with E-state index in [4.69, 9.17) is 9.73 Å². The standard InChI is InChI=1S/C19H33N5O/c1-4-20-19(22-10-7-15-25-16-17(2)3)24-13-11-23(12-14-24)18-8-5-6-9-21-18/h5-6,8-9,17H,4,7,10-16H2,1-3H3,(H,20,22). The number of hydrogen-bond donors (Lipinski definition) is 1. The van der Waals surface area contributed by atoms with Crippen LogP contribution in [0.25, 0.3) is 0 Å². The second-order valence-electron chi connectivity index (χ2n) is 6.72. The highest BCUT2D eigenvalue weighted by molar-refractivity contribution is 5.80. The van der Waals surface area contributed by atoms with Gasteiger partial charge in [0, 0.05) is 58.7 Å². The molecule has 6 heteroatoms. The van der Waals surface area contributed by atoms with Crippen molar-refractivity contribution in [3.8, 4) is 0 Å². The summed E-state index contributed by atoms with van der Waals surface area (Å²) in [6.45, 7) is 13.7. The number of guanidine groups is 1. The molecule has 6 nitrogen and oxygen atoms in total. The molecule has 0 unspecified atom stereocenters. The molecule has 0 bridgehead atoms. The normalized spacial score (nSPS) is 15.8. The smallest absolute Gasteiger partial charge is 0.194 e. The highest BCUT2D eigenvalue weighted by atomic mass is 16.5. The lowest BCUT2D eigenvalue weighted by Crippen LogP contribution is -2.52. The van der Waals surface area contributed by atoms with Gasteiger partial charge in [0.05, 0.1) is 0 Å². The zero-order valence-corrected chi connectivity index (χ0v) is 15.9. The molecule has 1 saturated heterocycles. The van der Waals surface area contributed by atoms with Gasteiger partial charge in [0.1, 0.15) is 5.82 Å². The molecule has 0 spiro atoms. The predicted octanol–water partition coefficient (Wildman–Crippen LogP) is 2.23. The summed E-state index contributed by atoms with van der Waals surface area (Å²) in [4.78, 5) is 13.9. The highest BCUT2D eigenvalue weighted by Crippen LogP contribution is 2.12. The second kappa shape index (κ2) is 10.9. The quantitative estimate of drug-likeness (QED) is 0.444. The number of nitrogens with zero attached hydrogens (tertiary/aromatic N) is 4. The molecule has 0 aliphatic carbocycles. The molecular formula is C19H33N5O. The molecule has 1 aliphatic rings. The first-order valence-electron chi connectivity index (χ1n) is 9.47. The molecule has 140 valence electrons. The number of piperazine rings is 1. The lowest BCUT2D eigenvalue weighted by molar-refractivity contribution is 0.109. The summed E-state index contributed by atoms with van der Waals surface area (Å²) in [5.41, 5.74) is 0. The van der Waals surface area contributed by atoms with E-state index in [1.165, 1.54) is 0 Å². The summed E-state index contributed by atoms with van der Waals surface area (Å²) in [7, 11) is 0. The molecule has 1 aliphatic heterocycles. The first-order valence-corrected chi connectivity index (χ1v) is 9.47. The first kappa shape index (κ1) is 19.5. The van der Waals surface area contributed by atoms with Crippen molar-refractivity contribution in [1.82, 2.24) is 15.2 Å². The van der Waals surface area contributed by atoms with Gasteiger partial charge < -0.3 is 19.9 Å². The Morgan fingerprint density at radius 3 is 2.72 bits per heavy atom. The van der Waals surface area contributed by atoms with Gasteiger partial charge >= 0.3 is 0 Å². The van der Waals surface area contributed by atoms with Crippen LogP contribution < -0.4 is 10.2 Å². The number of aliphatic imine (C=N–C) groups is 1. The van der Waals surface area contributed by atoms with Crippen LogP contribution in [-0.4, -0.2) is 68.3 Å². The molecule has 0 radical (unpaired) electrons. The summed E-state index contributed by atoms with van der Waals surface area (Å²) in [5.74, 6) is 2.68. The minimum Gasteiger partial charge on any atom is -0.381 e. The molecular weight excluding hydrogens is 314 g/mol. The number of nitrogens with one attached hydrogen (secondary N) is 1. The summed E-state index contributed by atoms with van der Waals surface area (Å²) >= 11 is 0. The van der Waals surface area contributed by atoms with Crippen LogP contribution in [0.4, 0.5) is 5.82 Å². The minimum absolute atomic E-state index is 0.594. The summed E-state index contributed by atoms with van der Waals surface area (Å²) < 4.78 is 5.63. The Hall–Kier alpha value is -1.82. The van der Waals surface area contributed by atoms with Crippen molar-refractivity contribution < 1.29 is 4.74 Å². The van der Waals surface area contributed by atoms with Crippen molar-refractivity contribution in [3.05, 3.63) is 24.4 Å². The number of pyridine rings is 1. The second-order valence-corrected chi connectivity index (χ2v) is 6.72. The third kappa shape index (κ3) is 6.90. The van der Waals surface area contributed by atoms with E-state index in [0.717, 1.165) is 70.7 Å². The maximum atomic E-state index is 5.63. The molecule has 2 rings (SSSR count). The molecule has 0 amide bonds. The van der Waals surface area contributed by atoms with Gasteiger partial charge in [-0.15, -0.1) is 0 Å². The Bertz CT molecular complexity index is 498. The Morgan fingerprint density at radius 2 is 2.08 bits per heavy atom. The fraction of sp³-hybridized carbons (Fsp3) is 0.684. The molecule has 1 fully saturated rings. The van der Waals surface area contributed by atoms with Crippen molar-refractivity contribution in [2.45, 2.75) is 27.2 Å². The van der Waals surface area contributed by atoms with Crippen LogP contribution >= 0.6 is 0 Å². The molecule has 0 aromatic carbocycles. The van der Waals surface area contributed by atoms with E-state index in [9.17, 15) is 0 Å². The molecule has 1 aromatic heterocycles. The third-order valence-electron chi connectivity index (χ3n) is 4.05. The first-order chi connectivity index (χ1) is 12.2. The van der Waals surface area contributed by atoms with Gasteiger partial charge in [0.15, 0.2) is 5.96 Å². The van der Waals surface area contributed by atoms with E-state index in [2.05, 4.69) is 46.9 Å². The van der Waals surface area contributed by atoms with Crippen molar-refractivity contribution in [2.75, 3.05) is 57.4 Å². The van der Waals surface area contributed by atoms with Gasteiger partial charge in [0.25, 0.3) is 0 Å². The topological polar surface area (TPSA) is 53.0 Å². The average Bonchev–Trinajstić information content (AvgIpc) is 2.64. The number of hydrogen-bond acceptors (Lipinski definition) is 4. The molecule has 25 heavy (non-hydrogen) atoms. The summed E-state index contributed by atoms with van der Waals surface area (Å²) in [5, 5.41) is 3.42. The van der Waals surface area contributed by atoms with E-state index in [1.54, 1.807) is 0 Å². The monoisotopic (exact) mass is 347 g/mol. The Balaban J connectivity index is 1.77. The van der Waals surface area contributed by atoms with E-state index < -0.39 is 0 Å². The maximum absolute atomic E-state index is 5.63. The van der Waals surface area contributed by atoms with Crippen LogP contribution in [0.5, 0.6) is 0 Å². The molecule has 2 heterocycles. The molecule has 0 atom stereocenters. The van der Waals surface area contributed by atoms with Gasteiger partial charge in [-0.2, -0.15) is 0 Å². The van der Waals surface area contributed by atoms with Crippen molar-refractivity contribution in [1.29, 1.82) is 0 Å². The number of aromatic nitrogens is 1. The van der Waals surface area contributed by atoms with Crippen LogP contribution in [0.2, 0.25) is 0 Å². The van der Waals surface area contributed by atoms with Gasteiger partial charge in [-0.1, -0.05) is 19.9 Å². The van der Waals surface area contributed by atoms with Gasteiger partial charge in [-0.05, 0) is 31.4 Å². The molecule has 0 saturated carbocycles. The zero-order chi connectivity index (χ0) is 17.9. The number of anilines is 1. The maximum Gasteiger partial charge on any atom is 0.194 e. The average molecular weight is 348 g/mol. The highest BCUT2D eigenvalue weighted by Gasteiger charge is 2.20. The van der Waals surface area contributed by atoms with E-state index in [-0.39, 0.29) is 0 Å². The fourth-order valence-corrected chi connectivity index (χ4v) is 2.78. The van der Waals surface area contributed by atoms with Gasteiger partial charge in [-0.3, -0.25) is 4.99 Å². The predicted molar refractivity (Wildman–Crippen MR) is 104 cm³/mol. The van der Waals surface area contributed by atoms with E-state index >= 15 is 0 Å². The lowest BCUT2D eigenvalue weighted by Gasteiger charge is -2.37. The van der Waals surface area contributed by atoms with Crippen LogP contribution in [0.1, 0.15) is 27.2 Å². The Labute approximate surface area is 152 Å². The van der Waals surface area contributed by atoms with Crippen LogP contribution in [-0.2, 0) is 4.74 Å². The fourth-order valence-electron chi connectivity index (χ4n) is 2.78. The largest absolute Gasteiger partial charge is 0.381 e. The third-order valence-corrected chi connectivity index (χ3v) is 4.05. The number of rotatable bonds is 8. The van der Waals surface area contributed by atoms with E-state index in [0.29, 0.717) is 5.92 Å². The minimum atomic E-state index is 0.594. The van der Waals surface area contributed by atoms with E-state index in [1.807, 2.05) is 18.3 Å². The van der Waals surface area contributed by atoms with Crippen molar-refractivity contribution in [2.24, 2.45) is 10.9 Å².